The standard InChI is InChI=1S/C25H27F6N3O2S/c1-23(32,15-35)22-34-33-21(37-22)17-10-11-20(19(14-17)25(29,30)31)36-12-5-3-2-4-7-16-8-6-9-18(13-16)24(26,27)28/h6,8-11,13-14,35H,2-5,7,12,15,32H2,1H3/t23-/m0/s1. The molecule has 0 aliphatic carbocycles. The van der Waals surface area contributed by atoms with Crippen LogP contribution in [0.2, 0.25) is 0 Å². The van der Waals surface area contributed by atoms with E-state index in [0.29, 0.717) is 42.7 Å². The maximum atomic E-state index is 13.7. The van der Waals surface area contributed by atoms with Crippen LogP contribution in [0, 0.1) is 0 Å². The Bertz CT molecular complexity index is 1180. The van der Waals surface area contributed by atoms with Crippen LogP contribution in [0.1, 0.15) is 54.3 Å². The zero-order valence-corrected chi connectivity index (χ0v) is 20.8. The third-order valence-corrected chi connectivity index (χ3v) is 6.90. The van der Waals surface area contributed by atoms with Gasteiger partial charge in [0.05, 0.1) is 29.9 Å². The molecule has 3 rings (SSSR count). The number of nitrogens with two attached hydrogens (primary N) is 1. The predicted molar refractivity (Wildman–Crippen MR) is 128 cm³/mol. The Kier molecular flexibility index (Phi) is 9.19. The summed E-state index contributed by atoms with van der Waals surface area (Å²) >= 11 is 1.00. The minimum atomic E-state index is -4.66. The summed E-state index contributed by atoms with van der Waals surface area (Å²) in [5, 5.41) is 17.7. The summed E-state index contributed by atoms with van der Waals surface area (Å²) in [7, 11) is 0. The van der Waals surface area contributed by atoms with Crippen LogP contribution in [0.3, 0.4) is 0 Å². The number of alkyl halides is 6. The van der Waals surface area contributed by atoms with Gasteiger partial charge in [0.2, 0.25) is 0 Å². The van der Waals surface area contributed by atoms with Crippen molar-refractivity contribution < 1.29 is 36.2 Å². The lowest BCUT2D eigenvalue weighted by Gasteiger charge is -2.17. The molecule has 0 amide bonds. The summed E-state index contributed by atoms with van der Waals surface area (Å²) in [5.41, 5.74) is 3.94. The van der Waals surface area contributed by atoms with Crippen molar-refractivity contribution in [3.05, 3.63) is 64.2 Å². The molecule has 0 aliphatic rings. The lowest BCUT2D eigenvalue weighted by Crippen LogP contribution is -2.36. The Hall–Kier alpha value is -2.70. The molecule has 0 saturated heterocycles. The third-order valence-electron chi connectivity index (χ3n) is 5.65. The predicted octanol–water partition coefficient (Wildman–Crippen LogP) is 6.59. The molecule has 1 atom stereocenters. The first-order valence-corrected chi connectivity index (χ1v) is 12.4. The maximum Gasteiger partial charge on any atom is 0.419 e. The first-order chi connectivity index (χ1) is 17.3. The largest absolute Gasteiger partial charge is 0.493 e. The van der Waals surface area contributed by atoms with E-state index in [-0.39, 0.29) is 22.9 Å². The summed E-state index contributed by atoms with van der Waals surface area (Å²) in [4.78, 5) is 0. The molecule has 3 aromatic rings. The molecule has 1 aromatic heterocycles. The molecule has 0 bridgehead atoms. The average molecular weight is 548 g/mol. The van der Waals surface area contributed by atoms with Crippen LogP contribution in [0.5, 0.6) is 5.75 Å². The molecule has 37 heavy (non-hydrogen) atoms. The number of aliphatic hydroxyl groups excluding tert-OH is 1. The summed E-state index contributed by atoms with van der Waals surface area (Å²) in [6.07, 6.45) is -6.03. The Morgan fingerprint density at radius 2 is 1.65 bits per heavy atom. The van der Waals surface area contributed by atoms with E-state index in [1.807, 2.05) is 0 Å². The number of aryl methyl sites for hydroxylation is 1. The first-order valence-electron chi connectivity index (χ1n) is 11.6. The smallest absolute Gasteiger partial charge is 0.419 e. The van der Waals surface area contributed by atoms with Crippen molar-refractivity contribution in [3.63, 3.8) is 0 Å². The van der Waals surface area contributed by atoms with Gasteiger partial charge in [-0.3, -0.25) is 0 Å². The van der Waals surface area contributed by atoms with E-state index in [9.17, 15) is 31.4 Å². The number of rotatable bonds is 11. The molecule has 0 fully saturated rings. The van der Waals surface area contributed by atoms with E-state index in [0.717, 1.165) is 29.5 Å². The zero-order chi connectivity index (χ0) is 27.3. The molecule has 0 unspecified atom stereocenters. The van der Waals surface area contributed by atoms with Gasteiger partial charge in [-0.1, -0.05) is 42.4 Å². The Labute approximate surface area is 214 Å². The molecule has 0 radical (unpaired) electrons. The molecule has 0 aliphatic heterocycles. The fraction of sp³-hybridized carbons (Fsp3) is 0.440. The monoisotopic (exact) mass is 547 g/mol. The molecule has 0 saturated carbocycles. The van der Waals surface area contributed by atoms with Crippen LogP contribution < -0.4 is 10.5 Å². The molecule has 12 heteroatoms. The number of aliphatic hydroxyl groups is 1. The van der Waals surface area contributed by atoms with E-state index < -0.39 is 35.6 Å². The van der Waals surface area contributed by atoms with Crippen molar-refractivity contribution in [2.45, 2.75) is 56.9 Å². The van der Waals surface area contributed by atoms with Crippen molar-refractivity contribution in [2.75, 3.05) is 13.2 Å². The van der Waals surface area contributed by atoms with Gasteiger partial charge in [-0.2, -0.15) is 26.3 Å². The second-order valence-electron chi connectivity index (χ2n) is 8.91. The number of aromatic nitrogens is 2. The molecule has 2 aromatic carbocycles. The Morgan fingerprint density at radius 1 is 0.919 bits per heavy atom. The van der Waals surface area contributed by atoms with Crippen molar-refractivity contribution >= 4 is 11.3 Å². The minimum Gasteiger partial charge on any atom is -0.493 e. The lowest BCUT2D eigenvalue weighted by atomic mass is 10.0. The van der Waals surface area contributed by atoms with Gasteiger partial charge in [0, 0.05) is 5.56 Å². The van der Waals surface area contributed by atoms with Gasteiger partial charge in [-0.15, -0.1) is 10.2 Å². The summed E-state index contributed by atoms with van der Waals surface area (Å²) in [6, 6.07) is 8.82. The minimum absolute atomic E-state index is 0.0664. The van der Waals surface area contributed by atoms with Crippen LogP contribution >= 0.6 is 11.3 Å². The highest BCUT2D eigenvalue weighted by atomic mass is 32.1. The molecule has 3 N–H and O–H groups in total. The highest BCUT2D eigenvalue weighted by Gasteiger charge is 2.35. The van der Waals surface area contributed by atoms with E-state index in [2.05, 4.69) is 10.2 Å². The van der Waals surface area contributed by atoms with Gasteiger partial charge in [-0.25, -0.2) is 0 Å². The number of hydrogen-bond donors (Lipinski definition) is 2. The quantitative estimate of drug-likeness (QED) is 0.209. The zero-order valence-electron chi connectivity index (χ0n) is 20.0. The number of halogens is 6. The third kappa shape index (κ3) is 7.89. The summed E-state index contributed by atoms with van der Waals surface area (Å²) in [6.45, 7) is 1.21. The molecule has 1 heterocycles. The SMILES string of the molecule is C[C@](N)(CO)c1nnc(-c2ccc(OCCCCCCc3cccc(C(F)(F)F)c3)c(C(F)(F)F)c2)s1. The lowest BCUT2D eigenvalue weighted by molar-refractivity contribution is -0.139. The van der Waals surface area contributed by atoms with Crippen molar-refractivity contribution in [1.82, 2.24) is 10.2 Å². The van der Waals surface area contributed by atoms with Gasteiger partial charge in [0.15, 0.2) is 0 Å². The van der Waals surface area contributed by atoms with Crippen molar-refractivity contribution in [2.24, 2.45) is 5.73 Å². The van der Waals surface area contributed by atoms with Crippen LogP contribution in [-0.4, -0.2) is 28.5 Å². The normalized spacial score (nSPS) is 14.0. The van der Waals surface area contributed by atoms with Crippen LogP contribution in [-0.2, 0) is 24.3 Å². The van der Waals surface area contributed by atoms with E-state index in [1.54, 1.807) is 13.0 Å². The van der Waals surface area contributed by atoms with Gasteiger partial charge >= 0.3 is 12.4 Å². The molecule has 5 nitrogen and oxygen atoms in total. The second-order valence-corrected chi connectivity index (χ2v) is 9.88. The number of nitrogens with zero attached hydrogens (tertiary/aromatic N) is 2. The molecular formula is C25H27F6N3O2S. The van der Waals surface area contributed by atoms with Gasteiger partial charge in [-0.05, 0) is 56.0 Å². The highest BCUT2D eigenvalue weighted by Crippen LogP contribution is 2.40. The van der Waals surface area contributed by atoms with Crippen molar-refractivity contribution in [1.29, 1.82) is 0 Å². The maximum absolute atomic E-state index is 13.7. The molecular weight excluding hydrogens is 520 g/mol. The highest BCUT2D eigenvalue weighted by molar-refractivity contribution is 7.14. The Morgan fingerprint density at radius 3 is 2.32 bits per heavy atom. The summed E-state index contributed by atoms with van der Waals surface area (Å²) in [5.74, 6) is -0.302. The fourth-order valence-electron chi connectivity index (χ4n) is 3.52. The van der Waals surface area contributed by atoms with E-state index >= 15 is 0 Å². The van der Waals surface area contributed by atoms with Crippen molar-refractivity contribution in [3.8, 4) is 16.3 Å². The number of hydrogen-bond acceptors (Lipinski definition) is 6. The van der Waals surface area contributed by atoms with Gasteiger partial charge in [0.25, 0.3) is 0 Å². The van der Waals surface area contributed by atoms with E-state index in [4.69, 9.17) is 10.5 Å². The molecule has 202 valence electrons. The van der Waals surface area contributed by atoms with Crippen LogP contribution in [0.25, 0.3) is 10.6 Å². The van der Waals surface area contributed by atoms with Gasteiger partial charge < -0.3 is 15.6 Å². The first kappa shape index (κ1) is 28.9. The number of benzene rings is 2. The molecule has 0 spiro atoms. The van der Waals surface area contributed by atoms with E-state index in [1.165, 1.54) is 18.2 Å². The van der Waals surface area contributed by atoms with Gasteiger partial charge in [0.1, 0.15) is 15.8 Å². The number of unbranched alkanes of at least 4 members (excludes halogenated alkanes) is 3. The van der Waals surface area contributed by atoms with Crippen LogP contribution in [0.4, 0.5) is 26.3 Å². The number of ether oxygens (including phenoxy) is 1. The topological polar surface area (TPSA) is 81.3 Å². The second kappa shape index (κ2) is 11.8. The fourth-order valence-corrected chi connectivity index (χ4v) is 4.41. The Balaban J connectivity index is 1.53. The van der Waals surface area contributed by atoms with Crippen LogP contribution in [0.15, 0.2) is 42.5 Å². The average Bonchev–Trinajstić information content (AvgIpc) is 3.34. The summed E-state index contributed by atoms with van der Waals surface area (Å²) < 4.78 is 84.9.